The summed E-state index contributed by atoms with van der Waals surface area (Å²) in [6, 6.07) is 1.18. The number of ether oxygens (including phenoxy) is 1. The van der Waals surface area contributed by atoms with Crippen LogP contribution in [-0.2, 0) is 4.74 Å². The molecule has 1 rings (SSSR count). The molecule has 0 fully saturated rings. The molecule has 82 valence electrons. The Morgan fingerprint density at radius 2 is 2.13 bits per heavy atom. The molecular weight excluding hydrogens is 434 g/mol. The quantitative estimate of drug-likeness (QED) is 0.405. The van der Waals surface area contributed by atoms with Crippen molar-refractivity contribution in [1.29, 1.82) is 0 Å². The second-order valence-electron chi connectivity index (χ2n) is 2.49. The monoisotopic (exact) mass is 439 g/mol. The standard InChI is InChI=1S/C8H5F2I2NO2/c1-15-8(14)5-3(6(9)10)2-4(11)13-7(5)12/h2,6H,1H3. The number of methoxy groups -OCH3 is 1. The molecule has 7 heteroatoms. The maximum absolute atomic E-state index is 12.6. The highest BCUT2D eigenvalue weighted by atomic mass is 127. The van der Waals surface area contributed by atoms with Crippen LogP contribution >= 0.6 is 45.2 Å². The number of pyridine rings is 1. The summed E-state index contributed by atoms with van der Waals surface area (Å²) >= 11 is 3.55. The van der Waals surface area contributed by atoms with Crippen molar-refractivity contribution in [1.82, 2.24) is 4.98 Å². The van der Waals surface area contributed by atoms with Crippen LogP contribution in [0.15, 0.2) is 6.07 Å². The molecule has 0 N–H and O–H groups in total. The number of hydrogen-bond acceptors (Lipinski definition) is 3. The van der Waals surface area contributed by atoms with Gasteiger partial charge in [0.1, 0.15) is 13.0 Å². The molecule has 0 radical (unpaired) electrons. The lowest BCUT2D eigenvalue weighted by Gasteiger charge is -2.08. The van der Waals surface area contributed by atoms with Gasteiger partial charge in [0.2, 0.25) is 0 Å². The first-order chi connectivity index (χ1) is 6.97. The Hall–Kier alpha value is -0.0600. The van der Waals surface area contributed by atoms with Crippen LogP contribution in [0.3, 0.4) is 0 Å². The Morgan fingerprint density at radius 1 is 1.53 bits per heavy atom. The van der Waals surface area contributed by atoms with Crippen molar-refractivity contribution in [3.8, 4) is 0 Å². The number of carbonyl (C=O) groups is 1. The Balaban J connectivity index is 3.40. The predicted molar refractivity (Wildman–Crippen MR) is 66.0 cm³/mol. The molecule has 0 atom stereocenters. The first-order valence-electron chi connectivity index (χ1n) is 3.69. The van der Waals surface area contributed by atoms with Crippen LogP contribution in [0, 0.1) is 7.40 Å². The third kappa shape index (κ3) is 2.95. The molecule has 0 unspecified atom stereocenters. The zero-order chi connectivity index (χ0) is 11.6. The summed E-state index contributed by atoms with van der Waals surface area (Å²) in [4.78, 5) is 15.2. The molecule has 1 heterocycles. The molecule has 0 aliphatic carbocycles. The predicted octanol–water partition coefficient (Wildman–Crippen LogP) is 3.02. The van der Waals surface area contributed by atoms with Gasteiger partial charge in [-0.15, -0.1) is 0 Å². The molecule has 1 aromatic heterocycles. The van der Waals surface area contributed by atoms with Gasteiger partial charge in [-0.25, -0.2) is 18.6 Å². The normalized spacial score (nSPS) is 10.5. The summed E-state index contributed by atoms with van der Waals surface area (Å²) in [5.41, 5.74) is -0.501. The number of halogens is 4. The van der Waals surface area contributed by atoms with E-state index in [1.807, 2.05) is 22.6 Å². The van der Waals surface area contributed by atoms with E-state index >= 15 is 0 Å². The van der Waals surface area contributed by atoms with Crippen LogP contribution in [0.25, 0.3) is 0 Å². The molecule has 0 aromatic carbocycles. The molecule has 0 aliphatic rings. The van der Waals surface area contributed by atoms with Crippen molar-refractivity contribution >= 4 is 51.2 Å². The molecule has 1 aromatic rings. The molecule has 0 saturated heterocycles. The van der Waals surface area contributed by atoms with Gasteiger partial charge in [-0.1, -0.05) is 0 Å². The van der Waals surface area contributed by atoms with Gasteiger partial charge < -0.3 is 4.74 Å². The minimum Gasteiger partial charge on any atom is -0.465 e. The van der Waals surface area contributed by atoms with E-state index in [0.29, 0.717) is 3.70 Å². The van der Waals surface area contributed by atoms with Crippen LogP contribution in [0.1, 0.15) is 22.3 Å². The number of carbonyl (C=O) groups excluding carboxylic acids is 1. The van der Waals surface area contributed by atoms with Gasteiger partial charge in [0.15, 0.2) is 0 Å². The van der Waals surface area contributed by atoms with Crippen LogP contribution in [0.5, 0.6) is 0 Å². The van der Waals surface area contributed by atoms with Crippen molar-refractivity contribution in [2.75, 3.05) is 7.11 Å². The smallest absolute Gasteiger partial charge is 0.341 e. The van der Waals surface area contributed by atoms with Gasteiger partial charge in [-0.3, -0.25) is 0 Å². The summed E-state index contributed by atoms with van der Waals surface area (Å²) in [5, 5.41) is 0. The highest BCUT2D eigenvalue weighted by Crippen LogP contribution is 2.27. The maximum atomic E-state index is 12.6. The second kappa shape index (κ2) is 5.32. The SMILES string of the molecule is COC(=O)c1c(C(F)F)cc(I)nc1I. The Morgan fingerprint density at radius 3 is 2.60 bits per heavy atom. The van der Waals surface area contributed by atoms with E-state index < -0.39 is 12.4 Å². The van der Waals surface area contributed by atoms with Crippen LogP contribution in [0.2, 0.25) is 0 Å². The van der Waals surface area contributed by atoms with E-state index in [0.717, 1.165) is 7.11 Å². The average Bonchev–Trinajstić information content (AvgIpc) is 2.15. The van der Waals surface area contributed by atoms with Crippen LogP contribution in [0.4, 0.5) is 8.78 Å². The summed E-state index contributed by atoms with van der Waals surface area (Å²) in [6.07, 6.45) is -2.72. The zero-order valence-corrected chi connectivity index (χ0v) is 11.7. The highest BCUT2D eigenvalue weighted by molar-refractivity contribution is 14.1. The van der Waals surface area contributed by atoms with Crippen LogP contribution in [-0.4, -0.2) is 18.1 Å². The van der Waals surface area contributed by atoms with Crippen molar-refractivity contribution < 1.29 is 18.3 Å². The molecule has 0 spiro atoms. The Labute approximate surface area is 112 Å². The van der Waals surface area contributed by atoms with Crippen molar-refractivity contribution in [2.45, 2.75) is 6.43 Å². The van der Waals surface area contributed by atoms with E-state index in [1.54, 1.807) is 22.6 Å². The fraction of sp³-hybridized carbons (Fsp3) is 0.250. The molecule has 0 saturated carbocycles. The van der Waals surface area contributed by atoms with E-state index in [2.05, 4.69) is 9.72 Å². The number of nitrogens with zero attached hydrogens (tertiary/aromatic N) is 1. The lowest BCUT2D eigenvalue weighted by atomic mass is 10.1. The van der Waals surface area contributed by atoms with E-state index in [9.17, 15) is 13.6 Å². The zero-order valence-electron chi connectivity index (χ0n) is 7.43. The van der Waals surface area contributed by atoms with Crippen molar-refractivity contribution in [2.24, 2.45) is 0 Å². The fourth-order valence-electron chi connectivity index (χ4n) is 0.978. The molecule has 3 nitrogen and oxygen atoms in total. The number of aromatic nitrogens is 1. The average molecular weight is 439 g/mol. The van der Waals surface area contributed by atoms with Gasteiger partial charge in [-0.05, 0) is 51.2 Å². The fourth-order valence-corrected chi connectivity index (χ4v) is 2.81. The van der Waals surface area contributed by atoms with E-state index in [-0.39, 0.29) is 14.8 Å². The molecule has 0 amide bonds. The van der Waals surface area contributed by atoms with Crippen molar-refractivity contribution in [3.05, 3.63) is 24.6 Å². The molecular formula is C8H5F2I2NO2. The van der Waals surface area contributed by atoms with Crippen molar-refractivity contribution in [3.63, 3.8) is 0 Å². The largest absolute Gasteiger partial charge is 0.465 e. The topological polar surface area (TPSA) is 39.2 Å². The molecule has 0 bridgehead atoms. The first-order valence-corrected chi connectivity index (χ1v) is 5.85. The van der Waals surface area contributed by atoms with Gasteiger partial charge in [0, 0.05) is 5.56 Å². The van der Waals surface area contributed by atoms with Crippen LogP contribution < -0.4 is 0 Å². The maximum Gasteiger partial charge on any atom is 0.341 e. The lowest BCUT2D eigenvalue weighted by molar-refractivity contribution is 0.0587. The van der Waals surface area contributed by atoms with E-state index in [4.69, 9.17) is 0 Å². The van der Waals surface area contributed by atoms with Gasteiger partial charge in [0.25, 0.3) is 6.43 Å². The number of alkyl halides is 2. The second-order valence-corrected chi connectivity index (χ2v) is 4.62. The summed E-state index contributed by atoms with van der Waals surface area (Å²) in [6.45, 7) is 0. The molecule has 15 heavy (non-hydrogen) atoms. The highest BCUT2D eigenvalue weighted by Gasteiger charge is 2.23. The summed E-state index contributed by atoms with van der Waals surface area (Å²) in [5.74, 6) is -0.793. The third-order valence-electron chi connectivity index (χ3n) is 1.60. The van der Waals surface area contributed by atoms with Gasteiger partial charge in [-0.2, -0.15) is 0 Å². The minimum atomic E-state index is -2.72. The molecule has 0 aliphatic heterocycles. The van der Waals surface area contributed by atoms with Gasteiger partial charge in [0.05, 0.1) is 7.11 Å². The number of rotatable bonds is 2. The summed E-state index contributed by atoms with van der Waals surface area (Å²) < 4.78 is 30.4. The van der Waals surface area contributed by atoms with E-state index in [1.165, 1.54) is 6.07 Å². The first kappa shape index (κ1) is 13.0. The Kier molecular flexibility index (Phi) is 4.62. The lowest BCUT2D eigenvalue weighted by Crippen LogP contribution is -2.11. The minimum absolute atomic E-state index is 0.159. The Bertz CT molecular complexity index is 398. The van der Waals surface area contributed by atoms with Gasteiger partial charge >= 0.3 is 5.97 Å². The summed E-state index contributed by atoms with van der Waals surface area (Å²) in [7, 11) is 1.14. The number of hydrogen-bond donors (Lipinski definition) is 0. The third-order valence-corrected chi connectivity index (χ3v) is 2.93. The number of esters is 1.